The Kier molecular flexibility index (Phi) is 5.13. The Morgan fingerprint density at radius 2 is 1.93 bits per heavy atom. The number of hydrogen-bond acceptors (Lipinski definition) is 4. The fourth-order valence-electron chi connectivity index (χ4n) is 3.58. The molecular weight excluding hydrogens is 374 g/mol. The zero-order valence-electron chi connectivity index (χ0n) is 16.4. The second-order valence-corrected chi connectivity index (χ2v) is 7.59. The molecular formula is C22H22F2N4O. The summed E-state index contributed by atoms with van der Waals surface area (Å²) in [5.74, 6) is -0.965. The van der Waals surface area contributed by atoms with E-state index in [2.05, 4.69) is 22.2 Å². The summed E-state index contributed by atoms with van der Waals surface area (Å²) in [6.45, 7) is 5.38. The minimum atomic E-state index is -0.736. The third-order valence-corrected chi connectivity index (χ3v) is 5.36. The first kappa shape index (κ1) is 19.2. The molecule has 1 N–H and O–H groups in total. The molecule has 0 unspecified atom stereocenters. The number of rotatable bonds is 3. The first-order valence-corrected chi connectivity index (χ1v) is 9.70. The van der Waals surface area contributed by atoms with E-state index in [-0.39, 0.29) is 11.6 Å². The number of amides is 1. The molecule has 4 rings (SSSR count). The minimum Gasteiger partial charge on any atom is -0.352 e. The number of piperidine rings is 1. The van der Waals surface area contributed by atoms with Crippen LogP contribution in [0.25, 0.3) is 11.0 Å². The van der Waals surface area contributed by atoms with Crippen LogP contribution in [-0.4, -0.2) is 33.9 Å². The maximum atomic E-state index is 14.3. The maximum absolute atomic E-state index is 14.3. The number of carbonyl (C=O) groups excluding carboxylic acids is 1. The van der Waals surface area contributed by atoms with Crippen LogP contribution in [0.3, 0.4) is 0 Å². The van der Waals surface area contributed by atoms with Crippen molar-refractivity contribution in [2.45, 2.75) is 26.7 Å². The number of hydrogen-bond donors (Lipinski definition) is 1. The lowest BCUT2D eigenvalue weighted by molar-refractivity contribution is 0.0698. The van der Waals surface area contributed by atoms with E-state index < -0.39 is 11.6 Å². The lowest BCUT2D eigenvalue weighted by atomic mass is 9.98. The molecule has 0 spiro atoms. The predicted octanol–water partition coefficient (Wildman–Crippen LogP) is 4.83. The first-order chi connectivity index (χ1) is 13.9. The molecule has 1 amide bonds. The zero-order chi connectivity index (χ0) is 20.5. The number of fused-ring (bicyclic) bond motifs is 1. The van der Waals surface area contributed by atoms with Gasteiger partial charge in [0.25, 0.3) is 5.91 Å². The molecule has 0 saturated carbocycles. The van der Waals surface area contributed by atoms with Crippen molar-refractivity contribution >= 4 is 28.3 Å². The van der Waals surface area contributed by atoms with E-state index in [1.54, 1.807) is 4.90 Å². The second-order valence-electron chi connectivity index (χ2n) is 7.59. The van der Waals surface area contributed by atoms with Gasteiger partial charge in [0.2, 0.25) is 0 Å². The average molecular weight is 396 g/mol. The summed E-state index contributed by atoms with van der Waals surface area (Å²) in [5, 5.41) is 3.60. The van der Waals surface area contributed by atoms with Crippen molar-refractivity contribution in [3.8, 4) is 0 Å². The number of likely N-dealkylation sites (tertiary alicyclic amines) is 1. The number of anilines is 2. The van der Waals surface area contributed by atoms with Gasteiger partial charge in [0.15, 0.2) is 5.65 Å². The highest BCUT2D eigenvalue weighted by Crippen LogP contribution is 2.31. The van der Waals surface area contributed by atoms with E-state index in [0.717, 1.165) is 24.6 Å². The average Bonchev–Trinajstić information content (AvgIpc) is 2.70. The summed E-state index contributed by atoms with van der Waals surface area (Å²) in [7, 11) is 0. The van der Waals surface area contributed by atoms with Crippen molar-refractivity contribution in [3.63, 3.8) is 0 Å². The van der Waals surface area contributed by atoms with Crippen LogP contribution in [0.4, 0.5) is 20.2 Å². The molecule has 0 aliphatic carbocycles. The summed E-state index contributed by atoms with van der Waals surface area (Å²) < 4.78 is 27.6. The molecule has 1 aliphatic heterocycles. The molecule has 29 heavy (non-hydrogen) atoms. The number of benzene rings is 1. The Labute approximate surface area is 167 Å². The molecule has 0 radical (unpaired) electrons. The van der Waals surface area contributed by atoms with Gasteiger partial charge in [0.1, 0.15) is 11.6 Å². The Morgan fingerprint density at radius 3 is 2.66 bits per heavy atom. The number of aromatic nitrogens is 2. The van der Waals surface area contributed by atoms with Crippen molar-refractivity contribution in [3.05, 3.63) is 59.4 Å². The van der Waals surface area contributed by atoms with E-state index in [4.69, 9.17) is 0 Å². The normalized spacial score (nSPS) is 15.0. The van der Waals surface area contributed by atoms with Crippen LogP contribution in [0.2, 0.25) is 0 Å². The summed E-state index contributed by atoms with van der Waals surface area (Å²) in [6, 6.07) is 6.91. The highest BCUT2D eigenvalue weighted by Gasteiger charge is 2.25. The smallest absolute Gasteiger partial charge is 0.257 e. The molecule has 2 aromatic heterocycles. The Morgan fingerprint density at radius 1 is 1.17 bits per heavy atom. The molecule has 3 aromatic rings. The van der Waals surface area contributed by atoms with Gasteiger partial charge in [-0.3, -0.25) is 4.79 Å². The second kappa shape index (κ2) is 7.73. The fraction of sp³-hybridized carbons (Fsp3) is 0.318. The fourth-order valence-corrected chi connectivity index (χ4v) is 3.58. The van der Waals surface area contributed by atoms with Crippen LogP contribution in [0.5, 0.6) is 0 Å². The lowest BCUT2D eigenvalue weighted by Gasteiger charge is -2.31. The lowest BCUT2D eigenvalue weighted by Crippen LogP contribution is -2.38. The number of carbonyl (C=O) groups is 1. The zero-order valence-corrected chi connectivity index (χ0v) is 16.4. The maximum Gasteiger partial charge on any atom is 0.257 e. The Hall–Kier alpha value is -3.09. The highest BCUT2D eigenvalue weighted by atomic mass is 19.1. The molecule has 0 bridgehead atoms. The monoisotopic (exact) mass is 396 g/mol. The molecule has 1 fully saturated rings. The number of nitrogens with one attached hydrogen (secondary N) is 1. The molecule has 1 aromatic carbocycles. The summed E-state index contributed by atoms with van der Waals surface area (Å²) in [5.41, 5.74) is 2.10. The summed E-state index contributed by atoms with van der Waals surface area (Å²) in [4.78, 5) is 23.8. The van der Waals surface area contributed by atoms with Crippen LogP contribution < -0.4 is 5.32 Å². The third-order valence-electron chi connectivity index (χ3n) is 5.36. The first-order valence-electron chi connectivity index (χ1n) is 9.70. The van der Waals surface area contributed by atoms with Gasteiger partial charge in [-0.25, -0.2) is 18.7 Å². The van der Waals surface area contributed by atoms with Gasteiger partial charge >= 0.3 is 0 Å². The summed E-state index contributed by atoms with van der Waals surface area (Å²) >= 11 is 0. The van der Waals surface area contributed by atoms with Crippen LogP contribution in [0.15, 0.2) is 36.5 Å². The van der Waals surface area contributed by atoms with Crippen molar-refractivity contribution in [1.82, 2.24) is 14.9 Å². The van der Waals surface area contributed by atoms with E-state index in [9.17, 15) is 13.6 Å². The topological polar surface area (TPSA) is 58.1 Å². The molecule has 7 heteroatoms. The Bertz CT molecular complexity index is 1080. The molecule has 0 atom stereocenters. The van der Waals surface area contributed by atoms with E-state index in [1.165, 1.54) is 18.3 Å². The number of aryl methyl sites for hydroxylation is 1. The Balaban J connectivity index is 1.80. The minimum absolute atomic E-state index is 0.0841. The molecule has 3 heterocycles. The van der Waals surface area contributed by atoms with Crippen LogP contribution in [0.1, 0.15) is 35.8 Å². The highest BCUT2D eigenvalue weighted by molar-refractivity contribution is 6.07. The molecule has 5 nitrogen and oxygen atoms in total. The number of pyridine rings is 2. The van der Waals surface area contributed by atoms with Crippen molar-refractivity contribution < 1.29 is 13.6 Å². The molecule has 150 valence electrons. The van der Waals surface area contributed by atoms with E-state index in [1.807, 2.05) is 19.1 Å². The van der Waals surface area contributed by atoms with Gasteiger partial charge in [0, 0.05) is 36.4 Å². The van der Waals surface area contributed by atoms with E-state index >= 15 is 0 Å². The summed E-state index contributed by atoms with van der Waals surface area (Å²) in [6.07, 6.45) is 3.38. The predicted molar refractivity (Wildman–Crippen MR) is 108 cm³/mol. The van der Waals surface area contributed by atoms with Crippen molar-refractivity contribution in [1.29, 1.82) is 0 Å². The third kappa shape index (κ3) is 3.90. The van der Waals surface area contributed by atoms with E-state index in [0.29, 0.717) is 41.3 Å². The molecule has 1 aliphatic rings. The van der Waals surface area contributed by atoms with Gasteiger partial charge < -0.3 is 10.2 Å². The molecule has 1 saturated heterocycles. The number of nitrogens with zero attached hydrogens (tertiary/aromatic N) is 3. The number of halogens is 2. The van der Waals surface area contributed by atoms with Gasteiger partial charge in [-0.2, -0.15) is 0 Å². The van der Waals surface area contributed by atoms with Crippen LogP contribution in [-0.2, 0) is 0 Å². The van der Waals surface area contributed by atoms with Crippen molar-refractivity contribution in [2.24, 2.45) is 5.92 Å². The van der Waals surface area contributed by atoms with Gasteiger partial charge in [-0.1, -0.05) is 6.92 Å². The SMILES string of the molecule is Cc1ccc2c(Nc3ccc(F)cc3F)c(C(=O)N3CCC(C)CC3)cnc2n1. The van der Waals surface area contributed by atoms with Crippen LogP contribution >= 0.6 is 0 Å². The van der Waals surface area contributed by atoms with Gasteiger partial charge in [-0.15, -0.1) is 0 Å². The van der Waals surface area contributed by atoms with Crippen molar-refractivity contribution in [2.75, 3.05) is 18.4 Å². The van der Waals surface area contributed by atoms with Crippen LogP contribution in [0, 0.1) is 24.5 Å². The van der Waals surface area contributed by atoms with Gasteiger partial charge in [0.05, 0.1) is 16.9 Å². The quantitative estimate of drug-likeness (QED) is 0.689. The largest absolute Gasteiger partial charge is 0.352 e. The van der Waals surface area contributed by atoms with Gasteiger partial charge in [-0.05, 0) is 49.9 Å². The standard InChI is InChI=1S/C22H22F2N4O/c1-13-7-9-28(10-8-13)22(29)17-12-25-21-16(5-3-14(2)26-21)20(17)27-19-6-4-15(23)11-18(19)24/h3-6,11-13H,7-10H2,1-2H3,(H,25,26,27).